The summed E-state index contributed by atoms with van der Waals surface area (Å²) in [7, 11) is 0. The molecule has 0 spiro atoms. The predicted octanol–water partition coefficient (Wildman–Crippen LogP) is 1.48. The van der Waals surface area contributed by atoms with E-state index < -0.39 is 11.5 Å². The van der Waals surface area contributed by atoms with E-state index >= 15 is 0 Å². The van der Waals surface area contributed by atoms with Gasteiger partial charge >= 0.3 is 5.97 Å². The Morgan fingerprint density at radius 2 is 2.29 bits per heavy atom. The molecule has 2 rings (SSSR count). The normalized spacial score (nSPS) is 25.1. The monoisotopic (exact) mass is 290 g/mol. The number of hydrogen-bond acceptors (Lipinski definition) is 4. The number of ether oxygens (including phenoxy) is 1. The largest absolute Gasteiger partial charge is 0.478 e. The summed E-state index contributed by atoms with van der Waals surface area (Å²) < 4.78 is 5.49. The minimum Gasteiger partial charge on any atom is -0.478 e. The summed E-state index contributed by atoms with van der Waals surface area (Å²) in [5.41, 5.74) is 0.554. The number of carbonyl (C=O) groups excluding carboxylic acids is 1. The zero-order chi connectivity index (χ0) is 15.5. The summed E-state index contributed by atoms with van der Waals surface area (Å²) in [5, 5.41) is 11.6. The van der Waals surface area contributed by atoms with Crippen molar-refractivity contribution < 1.29 is 19.4 Å². The predicted molar refractivity (Wildman–Crippen MR) is 76.8 cm³/mol. The number of amides is 1. The van der Waals surface area contributed by atoms with Gasteiger partial charge in [0.15, 0.2) is 0 Å². The number of carboxylic acids is 1. The first-order valence-electron chi connectivity index (χ1n) is 6.71. The standard InChI is InChI=1S/C15H18N2O4/c1-10-15(2,5-6-21-10)17-14(20)12-7-11(8-16-9-12)3-4-13(18)19/h3-4,7-10H,5-6H2,1-2H3,(H,17,20)(H,18,19)/b4-3+. The highest BCUT2D eigenvalue weighted by Crippen LogP contribution is 2.25. The van der Waals surface area contributed by atoms with E-state index in [2.05, 4.69) is 10.3 Å². The molecular formula is C15H18N2O4. The Morgan fingerprint density at radius 1 is 1.52 bits per heavy atom. The van der Waals surface area contributed by atoms with Gasteiger partial charge in [-0.15, -0.1) is 0 Å². The van der Waals surface area contributed by atoms with Gasteiger partial charge in [0.2, 0.25) is 0 Å². The number of carboxylic acid groups (broad SMARTS) is 1. The fraction of sp³-hybridized carbons (Fsp3) is 0.400. The van der Waals surface area contributed by atoms with Crippen molar-refractivity contribution >= 4 is 18.0 Å². The van der Waals surface area contributed by atoms with Crippen molar-refractivity contribution in [3.8, 4) is 0 Å². The summed E-state index contributed by atoms with van der Waals surface area (Å²) in [5.74, 6) is -1.29. The highest BCUT2D eigenvalue weighted by atomic mass is 16.5. The fourth-order valence-corrected chi connectivity index (χ4v) is 2.17. The van der Waals surface area contributed by atoms with Gasteiger partial charge < -0.3 is 15.2 Å². The summed E-state index contributed by atoms with van der Waals surface area (Å²) in [4.78, 5) is 26.8. The van der Waals surface area contributed by atoms with Crippen molar-refractivity contribution in [2.45, 2.75) is 31.9 Å². The van der Waals surface area contributed by atoms with E-state index in [0.29, 0.717) is 17.7 Å². The van der Waals surface area contributed by atoms with Crippen LogP contribution in [0.2, 0.25) is 0 Å². The number of pyridine rings is 1. The van der Waals surface area contributed by atoms with Gasteiger partial charge in [0.1, 0.15) is 0 Å². The number of nitrogens with zero attached hydrogens (tertiary/aromatic N) is 1. The Balaban J connectivity index is 2.12. The minimum atomic E-state index is -1.05. The number of aromatic nitrogens is 1. The zero-order valence-electron chi connectivity index (χ0n) is 12.0. The van der Waals surface area contributed by atoms with Gasteiger partial charge in [-0.3, -0.25) is 9.78 Å². The summed E-state index contributed by atoms with van der Waals surface area (Å²) in [6, 6.07) is 1.60. The Hall–Kier alpha value is -2.21. The molecule has 6 heteroatoms. The van der Waals surface area contributed by atoms with E-state index in [0.717, 1.165) is 12.5 Å². The molecule has 0 radical (unpaired) electrons. The maximum absolute atomic E-state index is 12.3. The fourth-order valence-electron chi connectivity index (χ4n) is 2.17. The molecule has 21 heavy (non-hydrogen) atoms. The second-order valence-electron chi connectivity index (χ2n) is 5.31. The number of nitrogens with one attached hydrogen (secondary N) is 1. The second kappa shape index (κ2) is 6.05. The molecule has 0 aromatic carbocycles. The number of hydrogen-bond donors (Lipinski definition) is 2. The molecule has 1 fully saturated rings. The Labute approximate surface area is 122 Å². The van der Waals surface area contributed by atoms with E-state index in [-0.39, 0.29) is 12.0 Å². The van der Waals surface area contributed by atoms with Crippen LogP contribution in [0.4, 0.5) is 0 Å². The summed E-state index contributed by atoms with van der Waals surface area (Å²) in [6.45, 7) is 4.50. The third kappa shape index (κ3) is 3.66. The lowest BCUT2D eigenvalue weighted by Gasteiger charge is -2.28. The van der Waals surface area contributed by atoms with Crippen LogP contribution in [0.3, 0.4) is 0 Å². The first-order chi connectivity index (χ1) is 9.90. The first kappa shape index (κ1) is 15.2. The quantitative estimate of drug-likeness (QED) is 0.820. The summed E-state index contributed by atoms with van der Waals surface area (Å²) in [6.07, 6.45) is 6.06. The van der Waals surface area contributed by atoms with Crippen LogP contribution in [0.5, 0.6) is 0 Å². The van der Waals surface area contributed by atoms with Gasteiger partial charge in [-0.05, 0) is 38.0 Å². The SMILES string of the molecule is CC1OCCC1(C)NC(=O)c1cncc(/C=C/C(=O)O)c1. The second-order valence-corrected chi connectivity index (χ2v) is 5.31. The van der Waals surface area contributed by atoms with Crippen molar-refractivity contribution in [1.29, 1.82) is 0 Å². The van der Waals surface area contributed by atoms with Crippen LogP contribution in [0.15, 0.2) is 24.5 Å². The van der Waals surface area contributed by atoms with Gasteiger partial charge in [0.25, 0.3) is 5.91 Å². The number of carbonyl (C=O) groups is 2. The van der Waals surface area contributed by atoms with Gasteiger partial charge in [0.05, 0.1) is 17.2 Å². The van der Waals surface area contributed by atoms with E-state index in [1.165, 1.54) is 18.5 Å². The Kier molecular flexibility index (Phi) is 4.37. The molecule has 112 valence electrons. The van der Waals surface area contributed by atoms with Gasteiger partial charge in [-0.2, -0.15) is 0 Å². The Bertz CT molecular complexity index is 585. The highest BCUT2D eigenvalue weighted by molar-refractivity contribution is 5.95. The van der Waals surface area contributed by atoms with Gasteiger partial charge in [-0.1, -0.05) is 0 Å². The van der Waals surface area contributed by atoms with Gasteiger partial charge in [-0.25, -0.2) is 4.79 Å². The number of rotatable bonds is 4. The van der Waals surface area contributed by atoms with Crippen LogP contribution in [-0.4, -0.2) is 40.2 Å². The van der Waals surface area contributed by atoms with Crippen LogP contribution in [0.25, 0.3) is 6.08 Å². The first-order valence-corrected chi connectivity index (χ1v) is 6.71. The Morgan fingerprint density at radius 3 is 2.90 bits per heavy atom. The molecule has 1 aromatic heterocycles. The molecule has 2 N–H and O–H groups in total. The van der Waals surface area contributed by atoms with E-state index in [1.54, 1.807) is 6.07 Å². The lowest BCUT2D eigenvalue weighted by molar-refractivity contribution is -0.131. The van der Waals surface area contributed by atoms with Crippen LogP contribution in [0.1, 0.15) is 36.2 Å². The van der Waals surface area contributed by atoms with E-state index in [1.807, 2.05) is 13.8 Å². The molecule has 0 aliphatic carbocycles. The van der Waals surface area contributed by atoms with Crippen LogP contribution < -0.4 is 5.32 Å². The van der Waals surface area contributed by atoms with E-state index in [4.69, 9.17) is 9.84 Å². The lowest BCUT2D eigenvalue weighted by atomic mass is 9.94. The molecule has 0 saturated carbocycles. The number of aliphatic carboxylic acids is 1. The molecule has 1 aliphatic heterocycles. The molecule has 1 amide bonds. The average molecular weight is 290 g/mol. The molecule has 1 saturated heterocycles. The van der Waals surface area contributed by atoms with Crippen LogP contribution in [0, 0.1) is 0 Å². The molecule has 2 heterocycles. The molecule has 2 unspecified atom stereocenters. The molecular weight excluding hydrogens is 272 g/mol. The molecule has 0 bridgehead atoms. The smallest absolute Gasteiger partial charge is 0.328 e. The minimum absolute atomic E-state index is 0.0514. The molecule has 1 aromatic rings. The van der Waals surface area contributed by atoms with Crippen molar-refractivity contribution in [3.05, 3.63) is 35.7 Å². The highest BCUT2D eigenvalue weighted by Gasteiger charge is 2.38. The third-order valence-corrected chi connectivity index (χ3v) is 3.73. The average Bonchev–Trinajstić information content (AvgIpc) is 2.76. The van der Waals surface area contributed by atoms with Crippen molar-refractivity contribution in [3.63, 3.8) is 0 Å². The lowest BCUT2D eigenvalue weighted by Crippen LogP contribution is -2.50. The van der Waals surface area contributed by atoms with Crippen molar-refractivity contribution in [2.75, 3.05) is 6.61 Å². The summed E-state index contributed by atoms with van der Waals surface area (Å²) >= 11 is 0. The maximum Gasteiger partial charge on any atom is 0.328 e. The van der Waals surface area contributed by atoms with E-state index in [9.17, 15) is 9.59 Å². The topological polar surface area (TPSA) is 88.5 Å². The molecule has 2 atom stereocenters. The van der Waals surface area contributed by atoms with Crippen molar-refractivity contribution in [1.82, 2.24) is 10.3 Å². The molecule has 1 aliphatic rings. The van der Waals surface area contributed by atoms with Crippen molar-refractivity contribution in [2.24, 2.45) is 0 Å². The van der Waals surface area contributed by atoms with Crippen LogP contribution in [-0.2, 0) is 9.53 Å². The zero-order valence-corrected chi connectivity index (χ0v) is 12.0. The van der Waals surface area contributed by atoms with Crippen LogP contribution >= 0.6 is 0 Å². The molecule has 6 nitrogen and oxygen atoms in total. The third-order valence-electron chi connectivity index (χ3n) is 3.73. The maximum atomic E-state index is 12.3. The van der Waals surface area contributed by atoms with Gasteiger partial charge in [0, 0.05) is 25.1 Å².